The number of aryl methyl sites for hydroxylation is 2. The number of ether oxygens (including phenoxy) is 2. The van der Waals surface area contributed by atoms with E-state index >= 15 is 0 Å². The van der Waals surface area contributed by atoms with Gasteiger partial charge < -0.3 is 9.47 Å². The van der Waals surface area contributed by atoms with Gasteiger partial charge in [-0.1, -0.05) is 12.1 Å². The summed E-state index contributed by atoms with van der Waals surface area (Å²) in [6, 6.07) is 10.4. The van der Waals surface area contributed by atoms with E-state index in [0.717, 1.165) is 5.56 Å². The maximum absolute atomic E-state index is 12.9. The molecule has 0 aliphatic heterocycles. The topological polar surface area (TPSA) is 55.8 Å². The third-order valence-electron chi connectivity index (χ3n) is 3.71. The Hall–Kier alpha value is -2.21. The van der Waals surface area contributed by atoms with E-state index in [9.17, 15) is 8.42 Å². The molecular formula is C17H21NO4S. The van der Waals surface area contributed by atoms with Gasteiger partial charge in [0.15, 0.2) is 11.5 Å². The maximum atomic E-state index is 12.9. The number of methoxy groups -OCH3 is 2. The number of hydrogen-bond donors (Lipinski definition) is 0. The second-order valence-electron chi connectivity index (χ2n) is 5.28. The van der Waals surface area contributed by atoms with E-state index in [-0.39, 0.29) is 0 Å². The van der Waals surface area contributed by atoms with Crippen LogP contribution in [0.4, 0.5) is 5.69 Å². The first-order valence-electron chi connectivity index (χ1n) is 7.09. The van der Waals surface area contributed by atoms with E-state index in [2.05, 4.69) is 0 Å². The summed E-state index contributed by atoms with van der Waals surface area (Å²) in [5.41, 5.74) is 2.11. The van der Waals surface area contributed by atoms with Crippen molar-refractivity contribution in [1.82, 2.24) is 0 Å². The van der Waals surface area contributed by atoms with Crippen molar-refractivity contribution in [2.75, 3.05) is 25.6 Å². The number of sulfonamides is 1. The average Bonchev–Trinajstić information content (AvgIpc) is 2.55. The Morgan fingerprint density at radius 2 is 1.57 bits per heavy atom. The van der Waals surface area contributed by atoms with Gasteiger partial charge in [-0.25, -0.2) is 8.42 Å². The van der Waals surface area contributed by atoms with Gasteiger partial charge in [0, 0.05) is 13.1 Å². The van der Waals surface area contributed by atoms with Gasteiger partial charge in [0.25, 0.3) is 10.0 Å². The summed E-state index contributed by atoms with van der Waals surface area (Å²) in [6.07, 6.45) is 0. The normalized spacial score (nSPS) is 11.2. The summed E-state index contributed by atoms with van der Waals surface area (Å²) in [4.78, 5) is 0.301. The van der Waals surface area contributed by atoms with Crippen molar-refractivity contribution in [3.8, 4) is 11.5 Å². The summed E-state index contributed by atoms with van der Waals surface area (Å²) < 4.78 is 37.5. The van der Waals surface area contributed by atoms with Crippen molar-refractivity contribution in [2.45, 2.75) is 18.7 Å². The summed E-state index contributed by atoms with van der Waals surface area (Å²) in [5.74, 6) is 1.03. The van der Waals surface area contributed by atoms with E-state index in [0.29, 0.717) is 27.6 Å². The third-order valence-corrected chi connectivity index (χ3v) is 5.64. The van der Waals surface area contributed by atoms with Crippen LogP contribution in [0.3, 0.4) is 0 Å². The monoisotopic (exact) mass is 335 g/mol. The van der Waals surface area contributed by atoms with Crippen LogP contribution < -0.4 is 13.8 Å². The molecule has 2 rings (SSSR count). The highest BCUT2D eigenvalue weighted by molar-refractivity contribution is 7.92. The molecule has 0 aliphatic carbocycles. The van der Waals surface area contributed by atoms with Crippen LogP contribution in [0.2, 0.25) is 0 Å². The highest BCUT2D eigenvalue weighted by atomic mass is 32.2. The lowest BCUT2D eigenvalue weighted by Crippen LogP contribution is -2.27. The number of benzene rings is 2. The zero-order valence-electron chi connectivity index (χ0n) is 14.0. The van der Waals surface area contributed by atoms with Gasteiger partial charge in [-0.15, -0.1) is 0 Å². The van der Waals surface area contributed by atoms with Crippen molar-refractivity contribution >= 4 is 15.7 Å². The molecule has 0 fully saturated rings. The first-order valence-corrected chi connectivity index (χ1v) is 8.53. The van der Waals surface area contributed by atoms with Gasteiger partial charge in [-0.3, -0.25) is 4.31 Å². The fourth-order valence-corrected chi connectivity index (χ4v) is 3.79. The quantitative estimate of drug-likeness (QED) is 0.842. The lowest BCUT2D eigenvalue weighted by molar-refractivity contribution is 0.355. The van der Waals surface area contributed by atoms with Gasteiger partial charge >= 0.3 is 0 Å². The molecule has 0 atom stereocenters. The molecule has 2 aromatic rings. The molecule has 2 aromatic carbocycles. The molecule has 124 valence electrons. The molecule has 0 saturated heterocycles. The average molecular weight is 335 g/mol. The first kappa shape index (κ1) is 17.1. The number of hydrogen-bond acceptors (Lipinski definition) is 4. The van der Waals surface area contributed by atoms with Crippen LogP contribution in [-0.2, 0) is 10.0 Å². The second kappa shape index (κ2) is 6.50. The van der Waals surface area contributed by atoms with Crippen LogP contribution in [-0.4, -0.2) is 29.7 Å². The van der Waals surface area contributed by atoms with Crippen LogP contribution >= 0.6 is 0 Å². The minimum Gasteiger partial charge on any atom is -0.493 e. The Balaban J connectivity index is 2.50. The SMILES string of the molecule is COc1ccc(N(C)S(=O)(=O)c2cc(C)ccc2C)cc1OC. The standard InChI is InChI=1S/C17H21NO4S/c1-12-6-7-13(2)17(10-12)23(19,20)18(3)14-8-9-15(21-4)16(11-14)22-5/h6-11H,1-5H3. The Kier molecular flexibility index (Phi) is 4.85. The molecule has 23 heavy (non-hydrogen) atoms. The summed E-state index contributed by atoms with van der Waals surface area (Å²) in [6.45, 7) is 3.66. The number of nitrogens with zero attached hydrogens (tertiary/aromatic N) is 1. The van der Waals surface area contributed by atoms with Crippen LogP contribution in [0, 0.1) is 13.8 Å². The minimum absolute atomic E-state index is 0.301. The Bertz CT molecular complexity index is 815. The minimum atomic E-state index is -3.65. The molecule has 0 amide bonds. The van der Waals surface area contributed by atoms with Crippen molar-refractivity contribution < 1.29 is 17.9 Å². The zero-order chi connectivity index (χ0) is 17.2. The van der Waals surface area contributed by atoms with Crippen LogP contribution in [0.5, 0.6) is 11.5 Å². The predicted molar refractivity (Wildman–Crippen MR) is 91.1 cm³/mol. The molecule has 0 bridgehead atoms. The van der Waals surface area contributed by atoms with Gasteiger partial charge in [-0.05, 0) is 43.2 Å². The largest absolute Gasteiger partial charge is 0.493 e. The van der Waals surface area contributed by atoms with Crippen molar-refractivity contribution in [1.29, 1.82) is 0 Å². The number of rotatable bonds is 5. The first-order chi connectivity index (χ1) is 10.8. The molecule has 0 N–H and O–H groups in total. The Morgan fingerprint density at radius 3 is 2.17 bits per heavy atom. The van der Waals surface area contributed by atoms with E-state index in [1.165, 1.54) is 25.6 Å². The van der Waals surface area contributed by atoms with Gasteiger partial charge in [0.05, 0.1) is 24.8 Å². The highest BCUT2D eigenvalue weighted by Gasteiger charge is 2.24. The van der Waals surface area contributed by atoms with E-state index < -0.39 is 10.0 Å². The number of anilines is 1. The predicted octanol–water partition coefficient (Wildman–Crippen LogP) is 3.15. The summed E-state index contributed by atoms with van der Waals surface area (Å²) in [7, 11) is 0.924. The lowest BCUT2D eigenvalue weighted by Gasteiger charge is -2.22. The van der Waals surface area contributed by atoms with E-state index in [1.54, 1.807) is 31.2 Å². The Labute approximate surface area is 137 Å². The molecule has 0 heterocycles. The second-order valence-corrected chi connectivity index (χ2v) is 7.22. The van der Waals surface area contributed by atoms with Gasteiger partial charge in [0.1, 0.15) is 0 Å². The van der Waals surface area contributed by atoms with Crippen molar-refractivity contribution in [2.24, 2.45) is 0 Å². The highest BCUT2D eigenvalue weighted by Crippen LogP contribution is 2.33. The lowest BCUT2D eigenvalue weighted by atomic mass is 10.2. The molecule has 0 radical (unpaired) electrons. The van der Waals surface area contributed by atoms with Crippen molar-refractivity contribution in [3.05, 3.63) is 47.5 Å². The van der Waals surface area contributed by atoms with Gasteiger partial charge in [-0.2, -0.15) is 0 Å². The van der Waals surface area contributed by atoms with Crippen LogP contribution in [0.1, 0.15) is 11.1 Å². The molecule has 0 aromatic heterocycles. The molecular weight excluding hydrogens is 314 g/mol. The smallest absolute Gasteiger partial charge is 0.264 e. The molecule has 0 spiro atoms. The summed E-state index contributed by atoms with van der Waals surface area (Å²) in [5, 5.41) is 0. The molecule has 0 aliphatic rings. The fourth-order valence-electron chi connectivity index (χ4n) is 2.29. The summed E-state index contributed by atoms with van der Waals surface area (Å²) >= 11 is 0. The fraction of sp³-hybridized carbons (Fsp3) is 0.294. The molecule has 0 saturated carbocycles. The van der Waals surface area contributed by atoms with E-state index in [4.69, 9.17) is 9.47 Å². The third kappa shape index (κ3) is 3.27. The van der Waals surface area contributed by atoms with E-state index in [1.807, 2.05) is 19.1 Å². The van der Waals surface area contributed by atoms with Crippen LogP contribution in [0.25, 0.3) is 0 Å². The Morgan fingerprint density at radius 1 is 0.913 bits per heavy atom. The molecule has 6 heteroatoms. The zero-order valence-corrected chi connectivity index (χ0v) is 14.8. The van der Waals surface area contributed by atoms with Gasteiger partial charge in [0.2, 0.25) is 0 Å². The molecule has 0 unspecified atom stereocenters. The molecule has 5 nitrogen and oxygen atoms in total. The maximum Gasteiger partial charge on any atom is 0.264 e. The van der Waals surface area contributed by atoms with Crippen molar-refractivity contribution in [3.63, 3.8) is 0 Å². The van der Waals surface area contributed by atoms with Crippen LogP contribution in [0.15, 0.2) is 41.3 Å².